The number of hydrazine groups is 1. The molecule has 0 saturated carbocycles. The topological polar surface area (TPSA) is 106 Å². The van der Waals surface area contributed by atoms with Crippen LogP contribution in [-0.4, -0.2) is 28.6 Å². The second-order valence-electron chi connectivity index (χ2n) is 6.18. The molecule has 2 N–H and O–H groups in total. The van der Waals surface area contributed by atoms with Crippen molar-refractivity contribution in [1.29, 1.82) is 0 Å². The number of ether oxygens (including phenoxy) is 1. The van der Waals surface area contributed by atoms with E-state index in [0.29, 0.717) is 22.1 Å². The van der Waals surface area contributed by atoms with Crippen molar-refractivity contribution in [1.82, 2.24) is 21.0 Å². The Balaban J connectivity index is 1.51. The zero-order chi connectivity index (χ0) is 20.6. The number of aryl methyl sites for hydroxylation is 2. The number of nitrogens with zero attached hydrogens (tertiary/aromatic N) is 2. The molecular weight excluding hydrogens is 392 g/mol. The molecule has 2 aromatic heterocycles. The Morgan fingerprint density at radius 1 is 1.14 bits per heavy atom. The number of aromatic nitrogens is 2. The van der Waals surface area contributed by atoms with Gasteiger partial charge in [-0.25, -0.2) is 4.98 Å². The molecule has 2 amide bonds. The van der Waals surface area contributed by atoms with E-state index in [1.807, 2.05) is 38.1 Å². The van der Waals surface area contributed by atoms with Crippen LogP contribution in [0.2, 0.25) is 0 Å². The second-order valence-corrected chi connectivity index (χ2v) is 7.15. The van der Waals surface area contributed by atoms with Crippen LogP contribution in [0, 0.1) is 13.8 Å². The van der Waals surface area contributed by atoms with Crippen LogP contribution in [0.25, 0.3) is 0 Å². The van der Waals surface area contributed by atoms with Gasteiger partial charge in [-0.1, -0.05) is 29.1 Å². The fraction of sp³-hybridized carbons (Fsp3) is 0.200. The van der Waals surface area contributed by atoms with Crippen LogP contribution < -0.4 is 15.6 Å². The van der Waals surface area contributed by atoms with E-state index < -0.39 is 11.8 Å². The number of benzene rings is 1. The first-order valence-electron chi connectivity index (χ1n) is 8.80. The number of thioether (sulfide) groups is 1. The number of carbonyl (C=O) groups is 2. The molecule has 150 valence electrons. The van der Waals surface area contributed by atoms with Gasteiger partial charge in [-0.3, -0.25) is 20.4 Å². The molecule has 0 aliphatic heterocycles. The lowest BCUT2D eigenvalue weighted by Crippen LogP contribution is -2.44. The van der Waals surface area contributed by atoms with Gasteiger partial charge >= 0.3 is 0 Å². The molecule has 8 nitrogen and oxygen atoms in total. The number of pyridine rings is 1. The van der Waals surface area contributed by atoms with E-state index in [9.17, 15) is 9.59 Å². The minimum Gasteiger partial charge on any atom is -0.484 e. The molecule has 0 bridgehead atoms. The van der Waals surface area contributed by atoms with Crippen molar-refractivity contribution in [2.75, 3.05) is 6.61 Å². The number of amides is 2. The van der Waals surface area contributed by atoms with Crippen LogP contribution >= 0.6 is 11.8 Å². The monoisotopic (exact) mass is 412 g/mol. The predicted octanol–water partition coefficient (Wildman–Crippen LogP) is 2.82. The maximum Gasteiger partial charge on any atom is 0.276 e. The van der Waals surface area contributed by atoms with Crippen LogP contribution in [0.5, 0.6) is 5.75 Å². The van der Waals surface area contributed by atoms with Gasteiger partial charge < -0.3 is 9.26 Å². The normalized spacial score (nSPS) is 10.4. The van der Waals surface area contributed by atoms with Gasteiger partial charge in [0.05, 0.1) is 11.3 Å². The highest BCUT2D eigenvalue weighted by Crippen LogP contribution is 2.24. The summed E-state index contributed by atoms with van der Waals surface area (Å²) in [5, 5.41) is 4.44. The van der Waals surface area contributed by atoms with E-state index in [2.05, 4.69) is 21.0 Å². The maximum absolute atomic E-state index is 12.5. The van der Waals surface area contributed by atoms with Gasteiger partial charge in [0, 0.05) is 18.0 Å². The lowest BCUT2D eigenvalue weighted by Gasteiger charge is -2.10. The van der Waals surface area contributed by atoms with Gasteiger partial charge in [0.15, 0.2) is 6.61 Å². The predicted molar refractivity (Wildman–Crippen MR) is 107 cm³/mol. The van der Waals surface area contributed by atoms with Crippen LogP contribution in [0.1, 0.15) is 27.4 Å². The fourth-order valence-corrected chi connectivity index (χ4v) is 3.26. The zero-order valence-corrected chi connectivity index (χ0v) is 16.8. The molecule has 0 radical (unpaired) electrons. The molecule has 0 atom stereocenters. The number of nitrogens with one attached hydrogen (secondary N) is 2. The molecular formula is C20H20N4O4S. The Kier molecular flexibility index (Phi) is 6.85. The third-order valence-corrected chi connectivity index (χ3v) is 4.76. The van der Waals surface area contributed by atoms with Crippen molar-refractivity contribution < 1.29 is 18.8 Å². The molecule has 3 rings (SSSR count). The highest BCUT2D eigenvalue weighted by Gasteiger charge is 2.14. The van der Waals surface area contributed by atoms with Gasteiger partial charge in [0.1, 0.15) is 16.5 Å². The molecule has 1 aromatic carbocycles. The van der Waals surface area contributed by atoms with Crippen LogP contribution in [0.3, 0.4) is 0 Å². The molecule has 2 heterocycles. The molecule has 29 heavy (non-hydrogen) atoms. The molecule has 0 unspecified atom stereocenters. The summed E-state index contributed by atoms with van der Waals surface area (Å²) >= 11 is 1.35. The Morgan fingerprint density at radius 2 is 2.00 bits per heavy atom. The summed E-state index contributed by atoms with van der Waals surface area (Å²) in [5.74, 6) is 0.860. The molecule has 0 spiro atoms. The summed E-state index contributed by atoms with van der Waals surface area (Å²) in [6.45, 7) is 3.52. The van der Waals surface area contributed by atoms with E-state index in [1.54, 1.807) is 24.4 Å². The Hall–Kier alpha value is -3.33. The van der Waals surface area contributed by atoms with Crippen molar-refractivity contribution in [2.24, 2.45) is 0 Å². The number of rotatable bonds is 7. The lowest BCUT2D eigenvalue weighted by molar-refractivity contribution is -0.123. The van der Waals surface area contributed by atoms with Crippen molar-refractivity contribution in [3.8, 4) is 5.75 Å². The largest absolute Gasteiger partial charge is 0.484 e. The van der Waals surface area contributed by atoms with E-state index in [-0.39, 0.29) is 6.61 Å². The first-order chi connectivity index (χ1) is 14.0. The average Bonchev–Trinajstić information content (AvgIpc) is 3.14. The Bertz CT molecular complexity index is 1010. The summed E-state index contributed by atoms with van der Waals surface area (Å²) in [7, 11) is 0. The third-order valence-electron chi connectivity index (χ3n) is 3.72. The van der Waals surface area contributed by atoms with Gasteiger partial charge in [0.2, 0.25) is 0 Å². The van der Waals surface area contributed by atoms with Crippen LogP contribution in [-0.2, 0) is 10.5 Å². The number of carbonyl (C=O) groups excluding carboxylic acids is 2. The van der Waals surface area contributed by atoms with Gasteiger partial charge in [-0.2, -0.15) is 0 Å². The van der Waals surface area contributed by atoms with Crippen molar-refractivity contribution in [2.45, 2.75) is 24.6 Å². The average molecular weight is 412 g/mol. The van der Waals surface area contributed by atoms with Gasteiger partial charge in [-0.05, 0) is 43.7 Å². The number of hydrogen-bond acceptors (Lipinski definition) is 7. The fourth-order valence-electron chi connectivity index (χ4n) is 2.39. The summed E-state index contributed by atoms with van der Waals surface area (Å²) in [6, 6.07) is 12.5. The molecule has 9 heteroatoms. The zero-order valence-electron chi connectivity index (χ0n) is 16.0. The standard InChI is InChI=1S/C20H20N4O4S/c1-13-5-3-6-16(9-13)27-11-18(25)22-23-19(26)17-7-4-8-21-20(17)29-12-15-10-14(2)28-24-15/h3-10H,11-12H2,1-2H3,(H,22,25)(H,23,26). The van der Waals surface area contributed by atoms with E-state index in [0.717, 1.165) is 17.0 Å². The second kappa shape index (κ2) is 9.74. The molecule has 0 fully saturated rings. The summed E-state index contributed by atoms with van der Waals surface area (Å²) < 4.78 is 10.4. The SMILES string of the molecule is Cc1cccc(OCC(=O)NNC(=O)c2cccnc2SCc2cc(C)on2)c1. The number of hydrogen-bond donors (Lipinski definition) is 2. The molecule has 0 saturated heterocycles. The lowest BCUT2D eigenvalue weighted by atomic mass is 10.2. The minimum absolute atomic E-state index is 0.218. The van der Waals surface area contributed by atoms with Gasteiger partial charge in [-0.15, -0.1) is 0 Å². The summed E-state index contributed by atoms with van der Waals surface area (Å²) in [4.78, 5) is 28.6. The van der Waals surface area contributed by atoms with Gasteiger partial charge in [0.25, 0.3) is 11.8 Å². The first kappa shape index (κ1) is 20.4. The quantitative estimate of drug-likeness (QED) is 0.454. The third kappa shape index (κ3) is 6.08. The van der Waals surface area contributed by atoms with Crippen molar-refractivity contribution in [3.63, 3.8) is 0 Å². The van der Waals surface area contributed by atoms with Crippen molar-refractivity contribution >= 4 is 23.6 Å². The summed E-state index contributed by atoms with van der Waals surface area (Å²) in [6.07, 6.45) is 1.60. The van der Waals surface area contributed by atoms with E-state index >= 15 is 0 Å². The van der Waals surface area contributed by atoms with Crippen LogP contribution in [0.15, 0.2) is 58.2 Å². The van der Waals surface area contributed by atoms with E-state index in [4.69, 9.17) is 9.26 Å². The highest BCUT2D eigenvalue weighted by atomic mass is 32.2. The minimum atomic E-state index is -0.476. The van der Waals surface area contributed by atoms with Crippen molar-refractivity contribution in [3.05, 3.63) is 71.2 Å². The summed E-state index contributed by atoms with van der Waals surface area (Å²) in [5.41, 5.74) is 6.85. The molecule has 3 aromatic rings. The molecule has 0 aliphatic rings. The molecule has 0 aliphatic carbocycles. The Morgan fingerprint density at radius 3 is 2.76 bits per heavy atom. The van der Waals surface area contributed by atoms with Crippen LogP contribution in [0.4, 0.5) is 0 Å². The maximum atomic E-state index is 12.5. The first-order valence-corrected chi connectivity index (χ1v) is 9.78. The smallest absolute Gasteiger partial charge is 0.276 e. The highest BCUT2D eigenvalue weighted by molar-refractivity contribution is 7.98. The Labute approximate surface area is 172 Å². The van der Waals surface area contributed by atoms with E-state index in [1.165, 1.54) is 11.8 Å².